The van der Waals surface area contributed by atoms with Crippen LogP contribution in [0.4, 0.5) is 0 Å². The van der Waals surface area contributed by atoms with Gasteiger partial charge in [0.2, 0.25) is 0 Å². The van der Waals surface area contributed by atoms with Crippen molar-refractivity contribution in [2.45, 2.75) is 72.6 Å². The highest BCUT2D eigenvalue weighted by Crippen LogP contribution is 1.97. The van der Waals surface area contributed by atoms with Gasteiger partial charge in [-0.1, -0.05) is 20.3 Å². The van der Waals surface area contributed by atoms with E-state index < -0.39 is 0 Å². The molecule has 0 saturated heterocycles. The van der Waals surface area contributed by atoms with Crippen molar-refractivity contribution in [1.82, 2.24) is 0 Å². The SMILES string of the molecule is CC(=O)OCCCCCOC(C)=O.CCCCOC(=O)CCC. The number of carbonyl (C=O) groups excluding carboxylic acids is 3. The molecule has 0 rings (SSSR count). The predicted octanol–water partition coefficient (Wildman–Crippen LogP) is 3.41. The summed E-state index contributed by atoms with van der Waals surface area (Å²) < 4.78 is 14.3. The minimum Gasteiger partial charge on any atom is -0.466 e. The van der Waals surface area contributed by atoms with Crippen molar-refractivity contribution in [1.29, 1.82) is 0 Å². The normalized spacial score (nSPS) is 9.39. The van der Waals surface area contributed by atoms with Crippen molar-refractivity contribution in [2.75, 3.05) is 19.8 Å². The quantitative estimate of drug-likeness (QED) is 0.328. The summed E-state index contributed by atoms with van der Waals surface area (Å²) in [5.41, 5.74) is 0. The van der Waals surface area contributed by atoms with Crippen molar-refractivity contribution < 1.29 is 28.6 Å². The molecule has 136 valence electrons. The maximum Gasteiger partial charge on any atom is 0.305 e. The molecule has 0 aliphatic carbocycles. The number of hydrogen-bond donors (Lipinski definition) is 0. The van der Waals surface area contributed by atoms with Gasteiger partial charge < -0.3 is 14.2 Å². The van der Waals surface area contributed by atoms with Gasteiger partial charge in [-0.3, -0.25) is 14.4 Å². The zero-order valence-electron chi connectivity index (χ0n) is 15.0. The average molecular weight is 332 g/mol. The number of rotatable bonds is 11. The van der Waals surface area contributed by atoms with E-state index in [0.29, 0.717) is 26.2 Å². The summed E-state index contributed by atoms with van der Waals surface area (Å²) in [5, 5.41) is 0. The molecular weight excluding hydrogens is 300 g/mol. The number of ether oxygens (including phenoxy) is 3. The van der Waals surface area contributed by atoms with Gasteiger partial charge in [0.25, 0.3) is 0 Å². The fourth-order valence-electron chi connectivity index (χ4n) is 1.42. The monoisotopic (exact) mass is 332 g/mol. The first kappa shape index (κ1) is 23.7. The van der Waals surface area contributed by atoms with Gasteiger partial charge in [0.1, 0.15) is 0 Å². The van der Waals surface area contributed by atoms with E-state index in [1.807, 2.05) is 6.92 Å². The first-order chi connectivity index (χ1) is 10.9. The Morgan fingerprint density at radius 1 is 0.652 bits per heavy atom. The summed E-state index contributed by atoms with van der Waals surface area (Å²) in [5.74, 6) is -0.559. The third-order valence-electron chi connectivity index (χ3n) is 2.61. The summed E-state index contributed by atoms with van der Waals surface area (Å²) in [6.45, 7) is 8.33. The van der Waals surface area contributed by atoms with Gasteiger partial charge in [-0.2, -0.15) is 0 Å². The lowest BCUT2D eigenvalue weighted by molar-refractivity contribution is -0.144. The summed E-state index contributed by atoms with van der Waals surface area (Å²) >= 11 is 0. The number of esters is 3. The molecule has 0 aliphatic heterocycles. The molecule has 0 atom stereocenters. The third-order valence-corrected chi connectivity index (χ3v) is 2.61. The molecule has 6 heteroatoms. The minimum absolute atomic E-state index is 0.0593. The summed E-state index contributed by atoms with van der Waals surface area (Å²) in [6, 6.07) is 0. The molecule has 0 unspecified atom stereocenters. The van der Waals surface area contributed by atoms with Crippen LogP contribution in [0.5, 0.6) is 0 Å². The molecule has 0 amide bonds. The molecule has 0 aromatic heterocycles. The van der Waals surface area contributed by atoms with E-state index in [2.05, 4.69) is 6.92 Å². The van der Waals surface area contributed by atoms with Crippen LogP contribution in [0.2, 0.25) is 0 Å². The van der Waals surface area contributed by atoms with Crippen LogP contribution in [0.15, 0.2) is 0 Å². The van der Waals surface area contributed by atoms with Gasteiger partial charge in [-0.25, -0.2) is 0 Å². The first-order valence-corrected chi connectivity index (χ1v) is 8.36. The van der Waals surface area contributed by atoms with Crippen LogP contribution in [0.3, 0.4) is 0 Å². The lowest BCUT2D eigenvalue weighted by atomic mass is 10.2. The zero-order valence-corrected chi connectivity index (χ0v) is 15.0. The molecule has 0 saturated carbocycles. The van der Waals surface area contributed by atoms with E-state index in [-0.39, 0.29) is 17.9 Å². The minimum atomic E-state index is -0.250. The second-order valence-electron chi connectivity index (χ2n) is 5.06. The highest BCUT2D eigenvalue weighted by molar-refractivity contribution is 5.69. The molecule has 0 aromatic carbocycles. The second kappa shape index (κ2) is 18.5. The topological polar surface area (TPSA) is 78.9 Å². The van der Waals surface area contributed by atoms with Crippen LogP contribution in [-0.4, -0.2) is 37.7 Å². The zero-order chi connectivity index (χ0) is 17.9. The maximum atomic E-state index is 10.7. The van der Waals surface area contributed by atoms with Crippen LogP contribution < -0.4 is 0 Å². The lowest BCUT2D eigenvalue weighted by Gasteiger charge is -2.02. The fourth-order valence-corrected chi connectivity index (χ4v) is 1.42. The Balaban J connectivity index is 0. The van der Waals surface area contributed by atoms with Gasteiger partial charge in [-0.15, -0.1) is 0 Å². The van der Waals surface area contributed by atoms with E-state index in [4.69, 9.17) is 14.2 Å². The number of unbranched alkanes of at least 4 members (excludes halogenated alkanes) is 3. The Labute approximate surface area is 139 Å². The summed E-state index contributed by atoms with van der Waals surface area (Å²) in [6.07, 6.45) is 6.05. The fraction of sp³-hybridized carbons (Fsp3) is 0.824. The van der Waals surface area contributed by atoms with E-state index in [9.17, 15) is 14.4 Å². The van der Waals surface area contributed by atoms with Crippen molar-refractivity contribution >= 4 is 17.9 Å². The van der Waals surface area contributed by atoms with Crippen LogP contribution in [0, 0.1) is 0 Å². The largest absolute Gasteiger partial charge is 0.466 e. The standard InChI is InChI=1S/C9H16O4.C8H16O2/c1-8(10)12-6-4-3-5-7-13-9(2)11;1-3-5-7-10-8(9)6-4-2/h3-7H2,1-2H3;3-7H2,1-2H3. The Bertz CT molecular complexity index is 296. The van der Waals surface area contributed by atoms with Crippen LogP contribution in [0.1, 0.15) is 72.6 Å². The Morgan fingerprint density at radius 2 is 1.13 bits per heavy atom. The molecule has 0 N–H and O–H groups in total. The first-order valence-electron chi connectivity index (χ1n) is 8.36. The smallest absolute Gasteiger partial charge is 0.305 e. The Morgan fingerprint density at radius 3 is 1.52 bits per heavy atom. The maximum absolute atomic E-state index is 10.7. The van der Waals surface area contributed by atoms with Crippen LogP contribution in [-0.2, 0) is 28.6 Å². The van der Waals surface area contributed by atoms with Gasteiger partial charge in [0.15, 0.2) is 0 Å². The molecule has 0 spiro atoms. The average Bonchev–Trinajstić information content (AvgIpc) is 2.47. The molecule has 6 nitrogen and oxygen atoms in total. The molecule has 0 fully saturated rings. The highest BCUT2D eigenvalue weighted by Gasteiger charge is 1.98. The van der Waals surface area contributed by atoms with E-state index in [1.54, 1.807) is 0 Å². The molecule has 0 heterocycles. The number of hydrogen-bond acceptors (Lipinski definition) is 6. The van der Waals surface area contributed by atoms with Crippen molar-refractivity contribution in [3.63, 3.8) is 0 Å². The molecular formula is C17H32O6. The predicted molar refractivity (Wildman–Crippen MR) is 87.9 cm³/mol. The molecule has 0 radical (unpaired) electrons. The highest BCUT2D eigenvalue weighted by atomic mass is 16.5. The van der Waals surface area contributed by atoms with E-state index >= 15 is 0 Å². The summed E-state index contributed by atoms with van der Waals surface area (Å²) in [7, 11) is 0. The van der Waals surface area contributed by atoms with Crippen LogP contribution >= 0.6 is 0 Å². The summed E-state index contributed by atoms with van der Waals surface area (Å²) in [4.78, 5) is 31.4. The second-order valence-corrected chi connectivity index (χ2v) is 5.06. The van der Waals surface area contributed by atoms with Gasteiger partial charge in [-0.05, 0) is 32.1 Å². The number of carbonyl (C=O) groups is 3. The Hall–Kier alpha value is -1.59. The molecule has 23 heavy (non-hydrogen) atoms. The molecule has 0 aromatic rings. The lowest BCUT2D eigenvalue weighted by Crippen LogP contribution is -2.04. The van der Waals surface area contributed by atoms with Gasteiger partial charge in [0.05, 0.1) is 19.8 Å². The molecule has 0 bridgehead atoms. The van der Waals surface area contributed by atoms with Crippen molar-refractivity contribution in [3.05, 3.63) is 0 Å². The third kappa shape index (κ3) is 25.7. The van der Waals surface area contributed by atoms with Crippen molar-refractivity contribution in [2.24, 2.45) is 0 Å². The van der Waals surface area contributed by atoms with Gasteiger partial charge >= 0.3 is 17.9 Å². The van der Waals surface area contributed by atoms with E-state index in [0.717, 1.165) is 38.5 Å². The van der Waals surface area contributed by atoms with Crippen molar-refractivity contribution in [3.8, 4) is 0 Å². The van der Waals surface area contributed by atoms with Gasteiger partial charge in [0, 0.05) is 20.3 Å². The van der Waals surface area contributed by atoms with Crippen LogP contribution in [0.25, 0.3) is 0 Å². The van der Waals surface area contributed by atoms with E-state index in [1.165, 1.54) is 13.8 Å². The Kier molecular flexibility index (Phi) is 19.0. The molecule has 0 aliphatic rings.